The molecule has 0 spiro atoms. The lowest BCUT2D eigenvalue weighted by atomic mass is 10.1. The van der Waals surface area contributed by atoms with E-state index in [0.29, 0.717) is 22.7 Å². The fraction of sp³-hybridized carbons (Fsp3) is 0.250. The number of rotatable bonds is 8. The Bertz CT molecular complexity index is 1270. The summed E-state index contributed by atoms with van der Waals surface area (Å²) in [5.41, 5.74) is 4.21. The quantitative estimate of drug-likeness (QED) is 0.351. The smallest absolute Gasteiger partial charge is 0.236 e. The lowest BCUT2D eigenvalue weighted by Crippen LogP contribution is -2.14. The van der Waals surface area contributed by atoms with E-state index in [0.717, 1.165) is 27.4 Å². The molecule has 7 nitrogen and oxygen atoms in total. The molecular formula is C24H25N5O2S2. The summed E-state index contributed by atoms with van der Waals surface area (Å²) in [4.78, 5) is 18.1. The van der Waals surface area contributed by atoms with Crippen LogP contribution in [-0.2, 0) is 18.4 Å². The van der Waals surface area contributed by atoms with Gasteiger partial charge in [0.2, 0.25) is 5.91 Å². The van der Waals surface area contributed by atoms with Crippen LogP contribution in [-0.4, -0.2) is 31.4 Å². The number of carbonyl (C=O) groups is 1. The molecule has 0 fully saturated rings. The van der Waals surface area contributed by atoms with Crippen molar-refractivity contribution in [1.82, 2.24) is 19.7 Å². The number of hydrogen-bond acceptors (Lipinski definition) is 7. The minimum atomic E-state index is -0.135. The summed E-state index contributed by atoms with van der Waals surface area (Å²) >= 11 is 2.80. The van der Waals surface area contributed by atoms with Gasteiger partial charge < -0.3 is 14.6 Å². The maximum atomic E-state index is 12.5. The monoisotopic (exact) mass is 479 g/mol. The summed E-state index contributed by atoms with van der Waals surface area (Å²) in [6.45, 7) is 6.38. The molecule has 0 bridgehead atoms. The van der Waals surface area contributed by atoms with Gasteiger partial charge in [-0.3, -0.25) is 4.79 Å². The number of aryl methyl sites for hydroxylation is 3. The van der Waals surface area contributed by atoms with E-state index in [9.17, 15) is 4.79 Å². The van der Waals surface area contributed by atoms with Gasteiger partial charge in [0.25, 0.3) is 0 Å². The third-order valence-corrected chi connectivity index (χ3v) is 6.94. The standard InChI is InChI=1S/C24H25N5O2S2/c1-15-10-11-19(16(2)12-15)31-13-20-27-28-24(29(20)4)32-14-21(30)25-23-26-22(17(3)33-23)18-8-6-5-7-9-18/h5-12H,13-14H2,1-4H3,(H,25,26,30). The predicted octanol–water partition coefficient (Wildman–Crippen LogP) is 5.17. The maximum Gasteiger partial charge on any atom is 0.236 e. The van der Waals surface area contributed by atoms with Crippen molar-refractivity contribution in [2.75, 3.05) is 11.1 Å². The Morgan fingerprint density at radius 1 is 1.12 bits per heavy atom. The second kappa shape index (κ2) is 10.2. The first-order valence-corrected chi connectivity index (χ1v) is 12.2. The lowest BCUT2D eigenvalue weighted by molar-refractivity contribution is -0.113. The molecular weight excluding hydrogens is 454 g/mol. The molecule has 4 rings (SSSR count). The first-order chi connectivity index (χ1) is 15.9. The second-order valence-electron chi connectivity index (χ2n) is 7.64. The van der Waals surface area contributed by atoms with Gasteiger partial charge in [-0.15, -0.1) is 21.5 Å². The van der Waals surface area contributed by atoms with Gasteiger partial charge in [0.15, 0.2) is 16.1 Å². The number of ether oxygens (including phenoxy) is 1. The van der Waals surface area contributed by atoms with Gasteiger partial charge in [0.05, 0.1) is 11.4 Å². The van der Waals surface area contributed by atoms with E-state index >= 15 is 0 Å². The van der Waals surface area contributed by atoms with Crippen molar-refractivity contribution in [2.45, 2.75) is 32.5 Å². The zero-order chi connectivity index (χ0) is 23.4. The maximum absolute atomic E-state index is 12.5. The number of aromatic nitrogens is 4. The average molecular weight is 480 g/mol. The van der Waals surface area contributed by atoms with E-state index in [-0.39, 0.29) is 11.7 Å². The summed E-state index contributed by atoms with van der Waals surface area (Å²) < 4.78 is 7.76. The number of benzene rings is 2. The van der Waals surface area contributed by atoms with Crippen LogP contribution in [0, 0.1) is 20.8 Å². The van der Waals surface area contributed by atoms with Gasteiger partial charge >= 0.3 is 0 Å². The molecule has 2 aromatic carbocycles. The molecule has 0 saturated heterocycles. The molecule has 0 radical (unpaired) electrons. The summed E-state index contributed by atoms with van der Waals surface area (Å²) in [5, 5.41) is 12.6. The highest BCUT2D eigenvalue weighted by molar-refractivity contribution is 7.99. The van der Waals surface area contributed by atoms with Crippen LogP contribution in [0.3, 0.4) is 0 Å². The fourth-order valence-electron chi connectivity index (χ4n) is 3.30. The van der Waals surface area contributed by atoms with Crippen LogP contribution >= 0.6 is 23.1 Å². The summed E-state index contributed by atoms with van der Waals surface area (Å²) in [6.07, 6.45) is 0. The minimum absolute atomic E-state index is 0.135. The van der Waals surface area contributed by atoms with Gasteiger partial charge in [0.1, 0.15) is 12.4 Å². The highest BCUT2D eigenvalue weighted by Gasteiger charge is 2.15. The first-order valence-electron chi connectivity index (χ1n) is 10.4. The summed E-state index contributed by atoms with van der Waals surface area (Å²) in [7, 11) is 1.87. The van der Waals surface area contributed by atoms with E-state index in [1.165, 1.54) is 28.7 Å². The van der Waals surface area contributed by atoms with Crippen LogP contribution in [0.1, 0.15) is 21.8 Å². The molecule has 170 valence electrons. The van der Waals surface area contributed by atoms with Crippen molar-refractivity contribution >= 4 is 34.1 Å². The third kappa shape index (κ3) is 5.61. The van der Waals surface area contributed by atoms with E-state index < -0.39 is 0 Å². The normalized spacial score (nSPS) is 10.9. The number of thioether (sulfide) groups is 1. The highest BCUT2D eigenvalue weighted by Crippen LogP contribution is 2.30. The van der Waals surface area contributed by atoms with E-state index in [1.807, 2.05) is 67.9 Å². The van der Waals surface area contributed by atoms with E-state index in [4.69, 9.17) is 4.74 Å². The third-order valence-electron chi connectivity index (χ3n) is 5.03. The van der Waals surface area contributed by atoms with Crippen molar-refractivity contribution in [3.8, 4) is 17.0 Å². The van der Waals surface area contributed by atoms with Crippen molar-refractivity contribution in [2.24, 2.45) is 7.05 Å². The Kier molecular flexibility index (Phi) is 7.10. The Morgan fingerprint density at radius 2 is 1.91 bits per heavy atom. The first kappa shape index (κ1) is 23.0. The Balaban J connectivity index is 1.32. The molecule has 2 aromatic heterocycles. The zero-order valence-electron chi connectivity index (χ0n) is 19.0. The van der Waals surface area contributed by atoms with Crippen LogP contribution in [0.15, 0.2) is 53.7 Å². The van der Waals surface area contributed by atoms with Crippen LogP contribution in [0.5, 0.6) is 5.75 Å². The zero-order valence-corrected chi connectivity index (χ0v) is 20.6. The van der Waals surface area contributed by atoms with Crippen molar-refractivity contribution in [1.29, 1.82) is 0 Å². The second-order valence-corrected chi connectivity index (χ2v) is 9.79. The van der Waals surface area contributed by atoms with Gasteiger partial charge in [-0.2, -0.15) is 0 Å². The number of amides is 1. The molecule has 1 N–H and O–H groups in total. The average Bonchev–Trinajstić information content (AvgIpc) is 3.34. The van der Waals surface area contributed by atoms with E-state index in [2.05, 4.69) is 33.5 Å². The fourth-order valence-corrected chi connectivity index (χ4v) is 4.88. The molecule has 0 aliphatic carbocycles. The number of thiazole rings is 1. The van der Waals surface area contributed by atoms with Crippen molar-refractivity contribution in [3.05, 3.63) is 70.4 Å². The Hall–Kier alpha value is -3.17. The van der Waals surface area contributed by atoms with Crippen molar-refractivity contribution in [3.63, 3.8) is 0 Å². The topological polar surface area (TPSA) is 81.9 Å². The molecule has 0 unspecified atom stereocenters. The van der Waals surface area contributed by atoms with Crippen LogP contribution in [0.25, 0.3) is 11.3 Å². The lowest BCUT2D eigenvalue weighted by Gasteiger charge is -2.09. The molecule has 33 heavy (non-hydrogen) atoms. The Morgan fingerprint density at radius 3 is 2.67 bits per heavy atom. The van der Waals surface area contributed by atoms with Gasteiger partial charge in [-0.25, -0.2) is 4.98 Å². The highest BCUT2D eigenvalue weighted by atomic mass is 32.2. The molecule has 0 aliphatic rings. The molecule has 4 aromatic rings. The molecule has 1 amide bonds. The molecule has 2 heterocycles. The number of nitrogens with zero attached hydrogens (tertiary/aromatic N) is 4. The molecule has 9 heteroatoms. The molecule has 0 atom stereocenters. The van der Waals surface area contributed by atoms with Gasteiger partial charge in [-0.1, -0.05) is 59.8 Å². The largest absolute Gasteiger partial charge is 0.485 e. The van der Waals surface area contributed by atoms with Crippen LogP contribution in [0.2, 0.25) is 0 Å². The van der Waals surface area contributed by atoms with Crippen LogP contribution in [0.4, 0.5) is 5.13 Å². The van der Waals surface area contributed by atoms with Crippen LogP contribution < -0.4 is 10.1 Å². The summed E-state index contributed by atoms with van der Waals surface area (Å²) in [5.74, 6) is 1.60. The minimum Gasteiger partial charge on any atom is -0.485 e. The Labute approximate surface area is 201 Å². The summed E-state index contributed by atoms with van der Waals surface area (Å²) in [6, 6.07) is 16.0. The van der Waals surface area contributed by atoms with Crippen molar-refractivity contribution < 1.29 is 9.53 Å². The molecule has 0 saturated carbocycles. The number of nitrogens with one attached hydrogen (secondary N) is 1. The van der Waals surface area contributed by atoms with Gasteiger partial charge in [-0.05, 0) is 32.4 Å². The SMILES string of the molecule is Cc1ccc(OCc2nnc(SCC(=O)Nc3nc(-c4ccccc4)c(C)s3)n2C)c(C)c1. The number of hydrogen-bond donors (Lipinski definition) is 1. The van der Waals surface area contributed by atoms with Gasteiger partial charge in [0, 0.05) is 17.5 Å². The van der Waals surface area contributed by atoms with E-state index in [1.54, 1.807) is 0 Å². The predicted molar refractivity (Wildman–Crippen MR) is 133 cm³/mol. The number of carbonyl (C=O) groups excluding carboxylic acids is 1. The molecule has 0 aliphatic heterocycles. The number of anilines is 1.